The Labute approximate surface area is 106 Å². The molecular formula is C13H13N3O2. The van der Waals surface area contributed by atoms with Gasteiger partial charge in [0.15, 0.2) is 0 Å². The van der Waals surface area contributed by atoms with Crippen LogP contribution >= 0.6 is 0 Å². The van der Waals surface area contributed by atoms with Crippen molar-refractivity contribution in [3.63, 3.8) is 0 Å². The van der Waals surface area contributed by atoms with Crippen LogP contribution in [0.2, 0.25) is 0 Å². The van der Waals surface area contributed by atoms with Gasteiger partial charge >= 0.3 is 0 Å². The Bertz CT molecular complexity index is 459. The summed E-state index contributed by atoms with van der Waals surface area (Å²) in [7, 11) is 1.42. The molecule has 0 aliphatic carbocycles. The van der Waals surface area contributed by atoms with Gasteiger partial charge < -0.3 is 9.47 Å². The summed E-state index contributed by atoms with van der Waals surface area (Å²) >= 11 is 0. The van der Waals surface area contributed by atoms with Crippen molar-refractivity contribution >= 4 is 0 Å². The molecule has 1 aromatic rings. The maximum Gasteiger partial charge on any atom is 0.253 e. The van der Waals surface area contributed by atoms with Crippen LogP contribution in [-0.4, -0.2) is 24.5 Å². The summed E-state index contributed by atoms with van der Waals surface area (Å²) in [5, 5.41) is 18.5. The second kappa shape index (κ2) is 6.51. The molecule has 1 aromatic heterocycles. The maximum atomic E-state index is 9.24. The largest absolute Gasteiger partial charge is 0.359 e. The van der Waals surface area contributed by atoms with Gasteiger partial charge in [0.25, 0.3) is 5.60 Å². The molecule has 5 nitrogen and oxygen atoms in total. The van der Waals surface area contributed by atoms with E-state index in [1.165, 1.54) is 13.2 Å². The average Bonchev–Trinajstić information content (AvgIpc) is 2.44. The maximum absolute atomic E-state index is 9.24. The van der Waals surface area contributed by atoms with Crippen molar-refractivity contribution in [1.29, 1.82) is 10.5 Å². The van der Waals surface area contributed by atoms with Crippen LogP contribution in [0.4, 0.5) is 0 Å². The number of hydrogen-bond acceptors (Lipinski definition) is 5. The van der Waals surface area contributed by atoms with Crippen LogP contribution in [0.3, 0.4) is 0 Å². The summed E-state index contributed by atoms with van der Waals surface area (Å²) in [6, 6.07) is 7.26. The van der Waals surface area contributed by atoms with Gasteiger partial charge in [-0.1, -0.05) is 12.1 Å². The van der Waals surface area contributed by atoms with E-state index in [9.17, 15) is 10.5 Å². The van der Waals surface area contributed by atoms with Crippen molar-refractivity contribution in [2.24, 2.45) is 0 Å². The van der Waals surface area contributed by atoms with Gasteiger partial charge in [0.2, 0.25) is 0 Å². The summed E-state index contributed by atoms with van der Waals surface area (Å²) < 4.78 is 10.00. The van der Waals surface area contributed by atoms with E-state index in [1.807, 2.05) is 12.1 Å². The second-order valence-electron chi connectivity index (χ2n) is 3.51. The fraction of sp³-hybridized carbons (Fsp3) is 0.308. The Kier molecular flexibility index (Phi) is 5.01. The SMILES string of the molecule is C=C[C@H](c1cccnc1)C(C#N)(C#N)OCOC. The van der Waals surface area contributed by atoms with Crippen LogP contribution in [0.15, 0.2) is 37.2 Å². The van der Waals surface area contributed by atoms with Crippen LogP contribution in [0.25, 0.3) is 0 Å². The standard InChI is InChI=1S/C13H13N3O2/c1-3-12(11-5-4-6-16-7-11)13(8-14,9-15)18-10-17-2/h3-7,12H,1,10H2,2H3/t12-/m1/s1. The number of methoxy groups -OCH3 is 1. The summed E-state index contributed by atoms with van der Waals surface area (Å²) in [6.07, 6.45) is 4.69. The van der Waals surface area contributed by atoms with Gasteiger partial charge in [-0.15, -0.1) is 6.58 Å². The van der Waals surface area contributed by atoms with Crippen LogP contribution < -0.4 is 0 Å². The van der Waals surface area contributed by atoms with E-state index in [4.69, 9.17) is 9.47 Å². The summed E-state index contributed by atoms with van der Waals surface area (Å²) in [6.45, 7) is 3.51. The monoisotopic (exact) mass is 243 g/mol. The van der Waals surface area contributed by atoms with Gasteiger partial charge in [-0.3, -0.25) is 4.98 Å². The number of pyridine rings is 1. The van der Waals surface area contributed by atoms with E-state index in [0.29, 0.717) is 5.56 Å². The molecule has 1 atom stereocenters. The number of nitriles is 2. The summed E-state index contributed by atoms with van der Waals surface area (Å²) in [5.41, 5.74) is -0.979. The highest BCUT2D eigenvalue weighted by atomic mass is 16.7. The fourth-order valence-electron chi connectivity index (χ4n) is 1.57. The number of hydrogen-bond donors (Lipinski definition) is 0. The minimum absolute atomic E-state index is 0.147. The zero-order chi connectivity index (χ0) is 13.4. The lowest BCUT2D eigenvalue weighted by molar-refractivity contribution is -0.0855. The molecule has 0 saturated heterocycles. The molecule has 0 unspecified atom stereocenters. The molecule has 0 aliphatic heterocycles. The predicted octanol–water partition coefficient (Wildman–Crippen LogP) is 1.76. The lowest BCUT2D eigenvalue weighted by atomic mass is 9.84. The second-order valence-corrected chi connectivity index (χ2v) is 3.51. The Hall–Kier alpha value is -2.21. The highest BCUT2D eigenvalue weighted by Gasteiger charge is 2.40. The van der Waals surface area contributed by atoms with E-state index in [-0.39, 0.29) is 6.79 Å². The molecule has 0 spiro atoms. The molecule has 0 aromatic carbocycles. The molecule has 0 amide bonds. The van der Waals surface area contributed by atoms with Crippen LogP contribution in [0.1, 0.15) is 11.5 Å². The third-order valence-corrected chi connectivity index (χ3v) is 2.45. The van der Waals surface area contributed by atoms with Gasteiger partial charge in [0.1, 0.15) is 18.9 Å². The first-order valence-corrected chi connectivity index (χ1v) is 5.22. The topological polar surface area (TPSA) is 78.9 Å². The summed E-state index contributed by atoms with van der Waals surface area (Å²) in [5.74, 6) is -0.601. The molecular weight excluding hydrogens is 230 g/mol. The fourth-order valence-corrected chi connectivity index (χ4v) is 1.57. The van der Waals surface area contributed by atoms with Crippen molar-refractivity contribution in [1.82, 2.24) is 4.98 Å². The molecule has 0 bridgehead atoms. The number of rotatable bonds is 6. The van der Waals surface area contributed by atoms with Crippen LogP contribution in [0, 0.1) is 22.7 Å². The van der Waals surface area contributed by atoms with Gasteiger partial charge in [0.05, 0.1) is 5.92 Å². The van der Waals surface area contributed by atoms with E-state index < -0.39 is 11.5 Å². The third-order valence-electron chi connectivity index (χ3n) is 2.45. The molecule has 1 rings (SSSR count). The van der Waals surface area contributed by atoms with E-state index in [0.717, 1.165) is 0 Å². The Morgan fingerprint density at radius 2 is 2.28 bits per heavy atom. The van der Waals surface area contributed by atoms with Crippen LogP contribution in [-0.2, 0) is 9.47 Å². The molecule has 0 saturated carbocycles. The third kappa shape index (κ3) is 2.72. The summed E-state index contributed by atoms with van der Waals surface area (Å²) in [4.78, 5) is 3.96. The highest BCUT2D eigenvalue weighted by Crippen LogP contribution is 2.31. The smallest absolute Gasteiger partial charge is 0.253 e. The predicted molar refractivity (Wildman–Crippen MR) is 64.1 cm³/mol. The molecule has 5 heteroatoms. The minimum atomic E-state index is -1.67. The Morgan fingerprint density at radius 1 is 1.56 bits per heavy atom. The first-order valence-electron chi connectivity index (χ1n) is 5.22. The zero-order valence-corrected chi connectivity index (χ0v) is 10.0. The quantitative estimate of drug-likeness (QED) is 0.561. The van der Waals surface area contributed by atoms with Crippen molar-refractivity contribution in [3.05, 3.63) is 42.7 Å². The van der Waals surface area contributed by atoms with Crippen molar-refractivity contribution in [3.8, 4) is 12.1 Å². The number of ether oxygens (including phenoxy) is 2. The van der Waals surface area contributed by atoms with Gasteiger partial charge in [0, 0.05) is 19.5 Å². The molecule has 92 valence electrons. The molecule has 0 N–H and O–H groups in total. The lowest BCUT2D eigenvalue weighted by Gasteiger charge is -2.26. The lowest BCUT2D eigenvalue weighted by Crippen LogP contribution is -2.36. The molecule has 18 heavy (non-hydrogen) atoms. The number of aromatic nitrogens is 1. The Morgan fingerprint density at radius 3 is 2.72 bits per heavy atom. The van der Waals surface area contributed by atoms with Gasteiger partial charge in [-0.25, -0.2) is 0 Å². The van der Waals surface area contributed by atoms with E-state index >= 15 is 0 Å². The van der Waals surface area contributed by atoms with E-state index in [2.05, 4.69) is 11.6 Å². The molecule has 0 radical (unpaired) electrons. The molecule has 0 fully saturated rings. The Balaban J connectivity index is 3.15. The number of nitrogens with zero attached hydrogens (tertiary/aromatic N) is 3. The average molecular weight is 243 g/mol. The molecule has 1 heterocycles. The molecule has 0 aliphatic rings. The van der Waals surface area contributed by atoms with Gasteiger partial charge in [-0.05, 0) is 11.6 Å². The van der Waals surface area contributed by atoms with Crippen molar-refractivity contribution in [2.75, 3.05) is 13.9 Å². The zero-order valence-electron chi connectivity index (χ0n) is 10.0. The van der Waals surface area contributed by atoms with E-state index in [1.54, 1.807) is 24.5 Å². The normalized spacial score (nSPS) is 12.2. The van der Waals surface area contributed by atoms with Gasteiger partial charge in [-0.2, -0.15) is 10.5 Å². The van der Waals surface area contributed by atoms with Crippen LogP contribution in [0.5, 0.6) is 0 Å². The van der Waals surface area contributed by atoms with Crippen molar-refractivity contribution < 1.29 is 9.47 Å². The first-order chi connectivity index (χ1) is 8.74. The minimum Gasteiger partial charge on any atom is -0.359 e. The highest BCUT2D eigenvalue weighted by molar-refractivity contribution is 5.35. The van der Waals surface area contributed by atoms with Crippen molar-refractivity contribution in [2.45, 2.75) is 11.5 Å². The first kappa shape index (κ1) is 13.9.